The van der Waals surface area contributed by atoms with Gasteiger partial charge in [-0.3, -0.25) is 4.72 Å². The summed E-state index contributed by atoms with van der Waals surface area (Å²) in [7, 11) is -7.59. The molecule has 0 fully saturated rings. The van der Waals surface area contributed by atoms with Gasteiger partial charge in [-0.2, -0.15) is 0 Å². The lowest BCUT2D eigenvalue weighted by Crippen LogP contribution is -2.40. The molecule has 2 aromatic carbocycles. The smallest absolute Gasteiger partial charge is 0.261 e. The Morgan fingerprint density at radius 1 is 0.893 bits per heavy atom. The lowest BCUT2D eigenvalue weighted by molar-refractivity contribution is 0.491. The summed E-state index contributed by atoms with van der Waals surface area (Å²) in [6.45, 7) is 9.37. The van der Waals surface area contributed by atoms with Gasteiger partial charge in [0.15, 0.2) is 0 Å². The van der Waals surface area contributed by atoms with Crippen molar-refractivity contribution in [3.05, 3.63) is 54.1 Å². The van der Waals surface area contributed by atoms with Crippen LogP contribution in [0.1, 0.15) is 52.5 Å². The highest BCUT2D eigenvalue weighted by Gasteiger charge is 2.23. The number of anilines is 1. The van der Waals surface area contributed by atoms with Crippen LogP contribution in [0.5, 0.6) is 0 Å². The minimum absolute atomic E-state index is 0.00487. The minimum atomic E-state index is -3.83. The molecule has 0 aliphatic rings. The lowest BCUT2D eigenvalue weighted by atomic mass is 9.99. The Bertz CT molecular complexity index is 1020. The van der Waals surface area contributed by atoms with Crippen LogP contribution in [0.3, 0.4) is 0 Å². The molecule has 0 heterocycles. The van der Waals surface area contributed by atoms with Gasteiger partial charge in [0, 0.05) is 5.54 Å². The number of benzene rings is 2. The van der Waals surface area contributed by atoms with Crippen molar-refractivity contribution in [2.24, 2.45) is 0 Å². The SMILES string of the molecule is CC[C@H](C)c1ccc(S(=O)(=O)Nc2cccc(S(=O)(=O)NC(C)(C)C)c2)cc1. The average molecular weight is 425 g/mol. The summed E-state index contributed by atoms with van der Waals surface area (Å²) in [6.07, 6.45) is 0.966. The molecule has 2 aromatic rings. The van der Waals surface area contributed by atoms with Crippen molar-refractivity contribution in [3.8, 4) is 0 Å². The van der Waals surface area contributed by atoms with Crippen LogP contribution in [0.2, 0.25) is 0 Å². The molecule has 28 heavy (non-hydrogen) atoms. The molecule has 2 rings (SSSR count). The predicted molar refractivity (Wildman–Crippen MR) is 112 cm³/mol. The van der Waals surface area contributed by atoms with E-state index in [4.69, 9.17) is 0 Å². The Labute approximate surface area is 168 Å². The number of sulfonamides is 2. The Kier molecular flexibility index (Phi) is 6.58. The second-order valence-corrected chi connectivity index (χ2v) is 11.2. The highest BCUT2D eigenvalue weighted by molar-refractivity contribution is 7.92. The molecular weight excluding hydrogens is 396 g/mol. The summed E-state index contributed by atoms with van der Waals surface area (Å²) in [6, 6.07) is 12.5. The maximum atomic E-state index is 12.7. The van der Waals surface area contributed by atoms with Crippen LogP contribution in [0.25, 0.3) is 0 Å². The van der Waals surface area contributed by atoms with Gasteiger partial charge in [0.05, 0.1) is 15.5 Å². The quantitative estimate of drug-likeness (QED) is 0.700. The normalized spacial score (nSPS) is 13.9. The van der Waals surface area contributed by atoms with Crippen LogP contribution in [-0.4, -0.2) is 22.4 Å². The Balaban J connectivity index is 2.28. The molecular formula is C20H28N2O4S2. The first kappa shape index (κ1) is 22.4. The summed E-state index contributed by atoms with van der Waals surface area (Å²) in [4.78, 5) is 0.121. The van der Waals surface area contributed by atoms with E-state index in [2.05, 4.69) is 23.3 Å². The van der Waals surface area contributed by atoms with Gasteiger partial charge < -0.3 is 0 Å². The first-order valence-electron chi connectivity index (χ1n) is 9.11. The van der Waals surface area contributed by atoms with Gasteiger partial charge in [0.25, 0.3) is 10.0 Å². The first-order chi connectivity index (χ1) is 12.8. The van der Waals surface area contributed by atoms with E-state index in [1.165, 1.54) is 24.3 Å². The van der Waals surface area contributed by atoms with Crippen LogP contribution in [0.4, 0.5) is 5.69 Å². The van der Waals surface area contributed by atoms with Gasteiger partial charge in [-0.15, -0.1) is 0 Å². The van der Waals surface area contributed by atoms with Gasteiger partial charge in [-0.1, -0.05) is 32.0 Å². The van der Waals surface area contributed by atoms with E-state index < -0.39 is 25.6 Å². The fraction of sp³-hybridized carbons (Fsp3) is 0.400. The maximum Gasteiger partial charge on any atom is 0.261 e. The third-order valence-corrected chi connectivity index (χ3v) is 7.36. The Hall–Kier alpha value is -1.90. The van der Waals surface area contributed by atoms with Crippen molar-refractivity contribution < 1.29 is 16.8 Å². The van der Waals surface area contributed by atoms with E-state index in [0.29, 0.717) is 5.92 Å². The van der Waals surface area contributed by atoms with Crippen LogP contribution >= 0.6 is 0 Å². The van der Waals surface area contributed by atoms with Crippen molar-refractivity contribution in [2.75, 3.05) is 4.72 Å². The lowest BCUT2D eigenvalue weighted by Gasteiger charge is -2.20. The van der Waals surface area contributed by atoms with Crippen molar-refractivity contribution in [1.29, 1.82) is 0 Å². The standard InChI is InChI=1S/C20H28N2O4S2/c1-6-15(2)16-10-12-18(13-11-16)27(23,24)21-17-8-7-9-19(14-17)28(25,26)22-20(3,4)5/h7-15,21-22H,6H2,1-5H3/t15-/m0/s1. The molecule has 0 unspecified atom stereocenters. The number of rotatable bonds is 7. The molecule has 0 radical (unpaired) electrons. The van der Waals surface area contributed by atoms with Gasteiger partial charge in [-0.05, 0) is 69.0 Å². The van der Waals surface area contributed by atoms with E-state index in [1.54, 1.807) is 45.0 Å². The Morgan fingerprint density at radius 3 is 2.04 bits per heavy atom. The molecule has 0 aliphatic heterocycles. The molecule has 8 heteroatoms. The average Bonchev–Trinajstić information content (AvgIpc) is 2.59. The van der Waals surface area contributed by atoms with Crippen LogP contribution < -0.4 is 9.44 Å². The number of hydrogen-bond acceptors (Lipinski definition) is 4. The fourth-order valence-electron chi connectivity index (χ4n) is 2.61. The van der Waals surface area contributed by atoms with E-state index in [1.807, 2.05) is 0 Å². The highest BCUT2D eigenvalue weighted by Crippen LogP contribution is 2.23. The van der Waals surface area contributed by atoms with E-state index in [0.717, 1.165) is 12.0 Å². The third kappa shape index (κ3) is 5.80. The number of nitrogens with one attached hydrogen (secondary N) is 2. The zero-order valence-corrected chi connectivity index (χ0v) is 18.5. The molecule has 0 saturated heterocycles. The molecule has 0 amide bonds. The maximum absolute atomic E-state index is 12.7. The van der Waals surface area contributed by atoms with E-state index in [9.17, 15) is 16.8 Å². The van der Waals surface area contributed by atoms with Crippen molar-refractivity contribution in [1.82, 2.24) is 4.72 Å². The van der Waals surface area contributed by atoms with Crippen molar-refractivity contribution >= 4 is 25.7 Å². The molecule has 0 saturated carbocycles. The second kappa shape index (κ2) is 8.23. The largest absolute Gasteiger partial charge is 0.280 e. The predicted octanol–water partition coefficient (Wildman–Crippen LogP) is 4.08. The van der Waals surface area contributed by atoms with Crippen LogP contribution in [0, 0.1) is 0 Å². The summed E-state index contributed by atoms with van der Waals surface area (Å²) in [5.74, 6) is 0.349. The molecule has 0 aromatic heterocycles. The van der Waals surface area contributed by atoms with Gasteiger partial charge in [0.1, 0.15) is 0 Å². The molecule has 0 spiro atoms. The molecule has 0 aliphatic carbocycles. The molecule has 2 N–H and O–H groups in total. The summed E-state index contributed by atoms with van der Waals surface area (Å²) >= 11 is 0. The number of hydrogen-bond donors (Lipinski definition) is 2. The van der Waals surface area contributed by atoms with Crippen LogP contribution in [-0.2, 0) is 20.0 Å². The fourth-order valence-corrected chi connectivity index (χ4v) is 5.13. The zero-order valence-electron chi connectivity index (χ0n) is 16.9. The Morgan fingerprint density at radius 2 is 1.50 bits per heavy atom. The molecule has 154 valence electrons. The van der Waals surface area contributed by atoms with Crippen LogP contribution in [0.15, 0.2) is 58.3 Å². The second-order valence-electron chi connectivity index (χ2n) is 7.87. The highest BCUT2D eigenvalue weighted by atomic mass is 32.2. The monoisotopic (exact) mass is 424 g/mol. The zero-order chi connectivity index (χ0) is 21.2. The summed E-state index contributed by atoms with van der Waals surface area (Å²) in [5, 5.41) is 0. The van der Waals surface area contributed by atoms with Crippen molar-refractivity contribution in [3.63, 3.8) is 0 Å². The molecule has 1 atom stereocenters. The van der Waals surface area contributed by atoms with Gasteiger partial charge in [-0.25, -0.2) is 21.6 Å². The van der Waals surface area contributed by atoms with E-state index >= 15 is 0 Å². The van der Waals surface area contributed by atoms with Crippen molar-refractivity contribution in [2.45, 2.75) is 62.3 Å². The van der Waals surface area contributed by atoms with E-state index in [-0.39, 0.29) is 15.5 Å². The summed E-state index contributed by atoms with van der Waals surface area (Å²) in [5.41, 5.74) is 0.608. The molecule has 0 bridgehead atoms. The topological polar surface area (TPSA) is 92.3 Å². The molecule has 6 nitrogen and oxygen atoms in total. The first-order valence-corrected chi connectivity index (χ1v) is 12.1. The van der Waals surface area contributed by atoms with Gasteiger partial charge >= 0.3 is 0 Å². The summed E-state index contributed by atoms with van der Waals surface area (Å²) < 4.78 is 55.3. The minimum Gasteiger partial charge on any atom is -0.280 e. The third-order valence-electron chi connectivity index (χ3n) is 4.21. The van der Waals surface area contributed by atoms with Gasteiger partial charge in [0.2, 0.25) is 10.0 Å².